The van der Waals surface area contributed by atoms with Gasteiger partial charge in [0.25, 0.3) is 5.91 Å². The maximum atomic E-state index is 11.7. The summed E-state index contributed by atoms with van der Waals surface area (Å²) in [6.45, 7) is 2.11. The lowest BCUT2D eigenvalue weighted by Crippen LogP contribution is -2.21. The number of halogens is 1. The first-order valence-electron chi connectivity index (χ1n) is 7.93. The Morgan fingerprint density at radius 1 is 1.12 bits per heavy atom. The van der Waals surface area contributed by atoms with Crippen LogP contribution in [0.4, 0.5) is 5.69 Å². The number of carbonyl (C=O) groups excluding carboxylic acids is 2. The van der Waals surface area contributed by atoms with Gasteiger partial charge in [-0.3, -0.25) is 9.59 Å². The van der Waals surface area contributed by atoms with Crippen molar-refractivity contribution in [3.63, 3.8) is 0 Å². The first-order valence-corrected chi connectivity index (χ1v) is 8.73. The number of nitrogens with one attached hydrogen (secondary N) is 1. The smallest absolute Gasteiger partial charge is 0.306 e. The van der Waals surface area contributed by atoms with Gasteiger partial charge in [-0.05, 0) is 55.3 Å². The van der Waals surface area contributed by atoms with Crippen molar-refractivity contribution in [2.24, 2.45) is 0 Å². The van der Waals surface area contributed by atoms with Crippen LogP contribution in [0.1, 0.15) is 18.4 Å². The number of anilines is 1. The fourth-order valence-corrected chi connectivity index (χ4v) is 2.32. The highest BCUT2D eigenvalue weighted by molar-refractivity contribution is 9.10. The van der Waals surface area contributed by atoms with Gasteiger partial charge in [-0.25, -0.2) is 0 Å². The zero-order valence-electron chi connectivity index (χ0n) is 14.0. The fraction of sp³-hybridized carbons (Fsp3) is 0.263. The number of rotatable bonds is 8. The second kappa shape index (κ2) is 9.84. The average Bonchev–Trinajstić information content (AvgIpc) is 2.59. The maximum Gasteiger partial charge on any atom is 0.306 e. The second-order valence-corrected chi connectivity index (χ2v) is 6.40. The lowest BCUT2D eigenvalue weighted by Gasteiger charge is -2.08. The van der Waals surface area contributed by atoms with Crippen molar-refractivity contribution in [1.29, 1.82) is 0 Å². The first-order chi connectivity index (χ1) is 12.0. The predicted octanol–water partition coefficient (Wildman–Crippen LogP) is 4.10. The number of carbonyl (C=O) groups is 2. The van der Waals surface area contributed by atoms with Gasteiger partial charge < -0.3 is 14.8 Å². The number of ether oxygens (including phenoxy) is 2. The van der Waals surface area contributed by atoms with E-state index in [2.05, 4.69) is 21.2 Å². The SMILES string of the molecule is Cc1cccc(OCCCC(=O)OCC(=O)Nc2ccc(Br)cc2)c1. The van der Waals surface area contributed by atoms with Crippen molar-refractivity contribution in [3.8, 4) is 5.75 Å². The maximum absolute atomic E-state index is 11.7. The Kier molecular flexibility index (Phi) is 7.47. The molecule has 6 heteroatoms. The van der Waals surface area contributed by atoms with Crippen molar-refractivity contribution >= 4 is 33.5 Å². The molecule has 5 nitrogen and oxygen atoms in total. The Bertz CT molecular complexity index is 716. The number of hydrogen-bond acceptors (Lipinski definition) is 4. The van der Waals surface area contributed by atoms with E-state index in [1.165, 1.54) is 0 Å². The fourth-order valence-electron chi connectivity index (χ4n) is 2.06. The van der Waals surface area contributed by atoms with E-state index < -0.39 is 5.97 Å². The number of esters is 1. The molecule has 0 fully saturated rings. The van der Waals surface area contributed by atoms with Gasteiger partial charge in [0.1, 0.15) is 5.75 Å². The molecule has 0 spiro atoms. The van der Waals surface area contributed by atoms with E-state index in [9.17, 15) is 9.59 Å². The monoisotopic (exact) mass is 405 g/mol. The molecule has 0 unspecified atom stereocenters. The molecule has 25 heavy (non-hydrogen) atoms. The summed E-state index contributed by atoms with van der Waals surface area (Å²) in [5.74, 6) is -0.00674. The third-order valence-electron chi connectivity index (χ3n) is 3.28. The Balaban J connectivity index is 1.60. The number of hydrogen-bond donors (Lipinski definition) is 1. The molecular formula is C19H20BrNO4. The van der Waals surface area contributed by atoms with E-state index in [1.54, 1.807) is 12.1 Å². The average molecular weight is 406 g/mol. The Morgan fingerprint density at radius 2 is 1.88 bits per heavy atom. The Hall–Kier alpha value is -2.34. The van der Waals surface area contributed by atoms with Crippen LogP contribution >= 0.6 is 15.9 Å². The van der Waals surface area contributed by atoms with Gasteiger partial charge in [0, 0.05) is 16.6 Å². The lowest BCUT2D eigenvalue weighted by atomic mass is 10.2. The Labute approximate surface area is 155 Å². The van der Waals surface area contributed by atoms with Crippen molar-refractivity contribution in [1.82, 2.24) is 0 Å². The van der Waals surface area contributed by atoms with E-state index in [1.807, 2.05) is 43.3 Å². The van der Waals surface area contributed by atoms with Crippen molar-refractivity contribution in [2.75, 3.05) is 18.5 Å². The van der Waals surface area contributed by atoms with Crippen LogP contribution in [-0.4, -0.2) is 25.1 Å². The van der Waals surface area contributed by atoms with E-state index in [4.69, 9.17) is 9.47 Å². The van der Waals surface area contributed by atoms with Crippen molar-refractivity contribution in [3.05, 3.63) is 58.6 Å². The normalized spacial score (nSPS) is 10.2. The summed E-state index contributed by atoms with van der Waals surface area (Å²) in [7, 11) is 0. The first kappa shape index (κ1) is 19.0. The quantitative estimate of drug-likeness (QED) is 0.530. The molecule has 132 valence electrons. The van der Waals surface area contributed by atoms with Crippen LogP contribution in [0, 0.1) is 6.92 Å². The molecular weight excluding hydrogens is 386 g/mol. The number of amides is 1. The van der Waals surface area contributed by atoms with Crippen molar-refractivity contribution in [2.45, 2.75) is 19.8 Å². The van der Waals surface area contributed by atoms with Gasteiger partial charge in [-0.15, -0.1) is 0 Å². The van der Waals surface area contributed by atoms with Gasteiger partial charge in [0.05, 0.1) is 6.61 Å². The van der Waals surface area contributed by atoms with Gasteiger partial charge in [-0.2, -0.15) is 0 Å². The topological polar surface area (TPSA) is 64.6 Å². The summed E-state index contributed by atoms with van der Waals surface area (Å²) in [6, 6.07) is 14.9. The highest BCUT2D eigenvalue weighted by atomic mass is 79.9. The summed E-state index contributed by atoms with van der Waals surface area (Å²) in [4.78, 5) is 23.4. The minimum Gasteiger partial charge on any atom is -0.494 e. The molecule has 0 aliphatic rings. The standard InChI is InChI=1S/C19H20BrNO4/c1-14-4-2-5-17(12-14)24-11-3-6-19(23)25-13-18(22)21-16-9-7-15(20)8-10-16/h2,4-5,7-10,12H,3,6,11,13H2,1H3,(H,21,22). The zero-order chi connectivity index (χ0) is 18.1. The summed E-state index contributed by atoms with van der Waals surface area (Å²) in [5.41, 5.74) is 1.77. The molecule has 2 rings (SSSR count). The molecule has 2 aromatic rings. The van der Waals surface area contributed by atoms with Gasteiger partial charge in [-0.1, -0.05) is 28.1 Å². The van der Waals surface area contributed by atoms with Crippen LogP contribution in [0.3, 0.4) is 0 Å². The van der Waals surface area contributed by atoms with Crippen LogP contribution in [0.15, 0.2) is 53.0 Å². The van der Waals surface area contributed by atoms with Gasteiger partial charge in [0.15, 0.2) is 6.61 Å². The molecule has 0 saturated heterocycles. The second-order valence-electron chi connectivity index (χ2n) is 5.48. The van der Waals surface area contributed by atoms with Crippen LogP contribution in [0.25, 0.3) is 0 Å². The molecule has 1 amide bonds. The molecule has 0 radical (unpaired) electrons. The van der Waals surface area contributed by atoms with Crippen LogP contribution in [0.5, 0.6) is 5.75 Å². The summed E-state index contributed by atoms with van der Waals surface area (Å²) >= 11 is 3.32. The number of aryl methyl sites for hydroxylation is 1. The molecule has 2 aromatic carbocycles. The molecule has 0 saturated carbocycles. The molecule has 0 heterocycles. The van der Waals surface area contributed by atoms with E-state index in [0.29, 0.717) is 18.7 Å². The largest absolute Gasteiger partial charge is 0.494 e. The summed E-state index contributed by atoms with van der Waals surface area (Å²) in [5, 5.41) is 2.66. The third kappa shape index (κ3) is 7.39. The highest BCUT2D eigenvalue weighted by Gasteiger charge is 2.08. The predicted molar refractivity (Wildman–Crippen MR) is 99.6 cm³/mol. The van der Waals surface area contributed by atoms with Gasteiger partial charge >= 0.3 is 5.97 Å². The van der Waals surface area contributed by atoms with Crippen LogP contribution in [-0.2, 0) is 14.3 Å². The third-order valence-corrected chi connectivity index (χ3v) is 3.80. The van der Waals surface area contributed by atoms with Crippen molar-refractivity contribution < 1.29 is 19.1 Å². The Morgan fingerprint density at radius 3 is 2.60 bits per heavy atom. The van der Waals surface area contributed by atoms with E-state index in [0.717, 1.165) is 15.8 Å². The minimum atomic E-state index is -0.418. The minimum absolute atomic E-state index is 0.206. The molecule has 0 aliphatic carbocycles. The summed E-state index contributed by atoms with van der Waals surface area (Å²) < 4.78 is 11.4. The number of benzene rings is 2. The molecule has 0 aliphatic heterocycles. The lowest BCUT2D eigenvalue weighted by molar-refractivity contribution is -0.147. The molecule has 1 N–H and O–H groups in total. The molecule has 0 aromatic heterocycles. The van der Waals surface area contributed by atoms with E-state index in [-0.39, 0.29) is 18.9 Å². The van der Waals surface area contributed by atoms with E-state index >= 15 is 0 Å². The highest BCUT2D eigenvalue weighted by Crippen LogP contribution is 2.14. The zero-order valence-corrected chi connectivity index (χ0v) is 15.5. The summed E-state index contributed by atoms with van der Waals surface area (Å²) in [6.07, 6.45) is 0.735. The molecule has 0 bridgehead atoms. The van der Waals surface area contributed by atoms with Crippen LogP contribution < -0.4 is 10.1 Å². The van der Waals surface area contributed by atoms with Crippen LogP contribution in [0.2, 0.25) is 0 Å². The molecule has 0 atom stereocenters. The van der Waals surface area contributed by atoms with Gasteiger partial charge in [0.2, 0.25) is 0 Å².